The molecule has 0 bridgehead atoms. The minimum absolute atomic E-state index is 0.333. The van der Waals surface area contributed by atoms with E-state index in [1.165, 1.54) is 25.7 Å². The van der Waals surface area contributed by atoms with E-state index in [4.69, 9.17) is 4.74 Å². The van der Waals surface area contributed by atoms with Crippen molar-refractivity contribution in [3.05, 3.63) is 0 Å². The Hall–Kier alpha value is -0.600. The third kappa shape index (κ3) is 5.46. The van der Waals surface area contributed by atoms with Gasteiger partial charge in [0.2, 0.25) is 0 Å². The zero-order valence-corrected chi connectivity index (χ0v) is 15.0. The first-order chi connectivity index (χ1) is 11.2. The molecule has 2 aliphatic carbocycles. The predicted molar refractivity (Wildman–Crippen MR) is 92.1 cm³/mol. The maximum atomic E-state index is 14.2. The number of ether oxygens (including phenoxy) is 1. The van der Waals surface area contributed by atoms with Crippen LogP contribution in [0.2, 0.25) is 0 Å². The van der Waals surface area contributed by atoms with Gasteiger partial charge in [0, 0.05) is 0 Å². The molecule has 134 valence electrons. The van der Waals surface area contributed by atoms with Gasteiger partial charge in [0.25, 0.3) is 0 Å². The molecule has 0 unspecified atom stereocenters. The van der Waals surface area contributed by atoms with Crippen LogP contribution in [-0.2, 0) is 9.53 Å². The Labute approximate surface area is 141 Å². The standard InChI is InChI=1S/C20H35FO2/c1-2-3-4-9-14-18(21)19(22)23-20(15-10-6-11-16-20)17-12-7-5-8-13-17/h17-18H,2-16H2,1H3/t18-/m1/s1. The Kier molecular flexibility index (Phi) is 7.85. The highest BCUT2D eigenvalue weighted by molar-refractivity contribution is 5.75. The fourth-order valence-electron chi connectivity index (χ4n) is 4.51. The van der Waals surface area contributed by atoms with Gasteiger partial charge in [0.15, 0.2) is 6.17 Å². The number of alkyl halides is 1. The van der Waals surface area contributed by atoms with Gasteiger partial charge in [-0.1, -0.05) is 51.9 Å². The second-order valence-electron chi connectivity index (χ2n) is 7.70. The third-order valence-corrected chi connectivity index (χ3v) is 5.92. The smallest absolute Gasteiger partial charge is 0.341 e. The van der Waals surface area contributed by atoms with E-state index in [9.17, 15) is 9.18 Å². The Balaban J connectivity index is 1.90. The van der Waals surface area contributed by atoms with E-state index in [1.807, 2.05) is 0 Å². The molecule has 0 aliphatic heterocycles. The summed E-state index contributed by atoms with van der Waals surface area (Å²) in [7, 11) is 0. The number of carbonyl (C=O) groups is 1. The average Bonchev–Trinajstić information content (AvgIpc) is 2.60. The van der Waals surface area contributed by atoms with Gasteiger partial charge >= 0.3 is 5.97 Å². The molecule has 23 heavy (non-hydrogen) atoms. The highest BCUT2D eigenvalue weighted by Crippen LogP contribution is 2.44. The van der Waals surface area contributed by atoms with Crippen LogP contribution >= 0.6 is 0 Å². The van der Waals surface area contributed by atoms with Crippen molar-refractivity contribution in [2.45, 2.75) is 115 Å². The minimum Gasteiger partial charge on any atom is -0.457 e. The molecular formula is C20H35FO2. The molecule has 0 heterocycles. The Morgan fingerprint density at radius 1 is 1.04 bits per heavy atom. The second-order valence-corrected chi connectivity index (χ2v) is 7.70. The van der Waals surface area contributed by atoms with Crippen LogP contribution in [0.4, 0.5) is 4.39 Å². The van der Waals surface area contributed by atoms with Crippen LogP contribution in [0.5, 0.6) is 0 Å². The van der Waals surface area contributed by atoms with Crippen molar-refractivity contribution in [1.29, 1.82) is 0 Å². The van der Waals surface area contributed by atoms with Crippen LogP contribution in [-0.4, -0.2) is 17.7 Å². The van der Waals surface area contributed by atoms with Gasteiger partial charge in [-0.3, -0.25) is 0 Å². The molecule has 1 atom stereocenters. The van der Waals surface area contributed by atoms with Crippen LogP contribution in [0.1, 0.15) is 103 Å². The van der Waals surface area contributed by atoms with Gasteiger partial charge in [-0.25, -0.2) is 9.18 Å². The maximum absolute atomic E-state index is 14.2. The summed E-state index contributed by atoms with van der Waals surface area (Å²) in [6.45, 7) is 2.14. The monoisotopic (exact) mass is 326 g/mol. The number of unbranched alkanes of at least 4 members (excludes halogenated alkanes) is 3. The molecular weight excluding hydrogens is 291 g/mol. The summed E-state index contributed by atoms with van der Waals surface area (Å²) < 4.78 is 20.2. The van der Waals surface area contributed by atoms with Crippen molar-refractivity contribution in [3.63, 3.8) is 0 Å². The highest BCUT2D eigenvalue weighted by atomic mass is 19.1. The summed E-state index contributed by atoms with van der Waals surface area (Å²) in [6.07, 6.45) is 14.4. The summed E-state index contributed by atoms with van der Waals surface area (Å²) >= 11 is 0. The van der Waals surface area contributed by atoms with E-state index < -0.39 is 12.1 Å². The van der Waals surface area contributed by atoms with E-state index in [1.54, 1.807) is 0 Å². The molecule has 0 saturated heterocycles. The number of rotatable bonds is 8. The first-order valence-electron chi connectivity index (χ1n) is 10.0. The van der Waals surface area contributed by atoms with Crippen molar-refractivity contribution < 1.29 is 13.9 Å². The van der Waals surface area contributed by atoms with Crippen LogP contribution < -0.4 is 0 Å². The fourth-order valence-corrected chi connectivity index (χ4v) is 4.51. The van der Waals surface area contributed by atoms with Crippen molar-refractivity contribution in [3.8, 4) is 0 Å². The first kappa shape index (κ1) is 18.7. The van der Waals surface area contributed by atoms with Gasteiger partial charge in [0.05, 0.1) is 0 Å². The normalized spacial score (nSPS) is 23.4. The highest BCUT2D eigenvalue weighted by Gasteiger charge is 2.44. The molecule has 2 saturated carbocycles. The summed E-state index contributed by atoms with van der Waals surface area (Å²) in [5, 5.41) is 0. The van der Waals surface area contributed by atoms with Gasteiger partial charge in [0.1, 0.15) is 5.60 Å². The minimum atomic E-state index is -1.42. The van der Waals surface area contributed by atoms with Crippen LogP contribution in [0.25, 0.3) is 0 Å². The first-order valence-corrected chi connectivity index (χ1v) is 10.0. The molecule has 0 aromatic rings. The van der Waals surface area contributed by atoms with Crippen LogP contribution in [0.15, 0.2) is 0 Å². The van der Waals surface area contributed by atoms with E-state index in [0.29, 0.717) is 12.3 Å². The van der Waals surface area contributed by atoms with Gasteiger partial charge in [-0.05, 0) is 57.3 Å². The van der Waals surface area contributed by atoms with Crippen LogP contribution in [0.3, 0.4) is 0 Å². The molecule has 0 spiro atoms. The lowest BCUT2D eigenvalue weighted by Gasteiger charge is -2.44. The number of halogens is 1. The third-order valence-electron chi connectivity index (χ3n) is 5.92. The van der Waals surface area contributed by atoms with E-state index in [0.717, 1.165) is 64.2 Å². The van der Waals surface area contributed by atoms with E-state index in [-0.39, 0.29) is 5.60 Å². The Bertz CT molecular complexity index is 344. The quantitative estimate of drug-likeness (QED) is 0.396. The molecule has 2 rings (SSSR count). The van der Waals surface area contributed by atoms with Crippen molar-refractivity contribution in [2.24, 2.45) is 5.92 Å². The largest absolute Gasteiger partial charge is 0.457 e. The molecule has 0 amide bonds. The zero-order valence-electron chi connectivity index (χ0n) is 15.0. The summed E-state index contributed by atoms with van der Waals surface area (Å²) in [5.74, 6) is -0.109. The van der Waals surface area contributed by atoms with Crippen LogP contribution in [0, 0.1) is 5.92 Å². The Morgan fingerprint density at radius 3 is 2.35 bits per heavy atom. The zero-order chi connectivity index (χ0) is 16.5. The molecule has 0 radical (unpaired) electrons. The molecule has 2 nitrogen and oxygen atoms in total. The number of esters is 1. The van der Waals surface area contributed by atoms with Gasteiger partial charge in [-0.2, -0.15) is 0 Å². The maximum Gasteiger partial charge on any atom is 0.341 e. The SMILES string of the molecule is CCCCCC[C@@H](F)C(=O)OC1(C2CCCCC2)CCCCC1. The summed E-state index contributed by atoms with van der Waals surface area (Å²) in [6, 6.07) is 0. The Morgan fingerprint density at radius 2 is 1.70 bits per heavy atom. The molecule has 2 fully saturated rings. The van der Waals surface area contributed by atoms with Crippen molar-refractivity contribution >= 4 is 5.97 Å². The lowest BCUT2D eigenvalue weighted by Crippen LogP contribution is -2.46. The molecule has 0 N–H and O–H groups in total. The molecule has 2 aliphatic rings. The molecule has 0 aromatic carbocycles. The topological polar surface area (TPSA) is 26.3 Å². The molecule has 0 aromatic heterocycles. The summed E-state index contributed by atoms with van der Waals surface area (Å²) in [5.41, 5.74) is -0.344. The van der Waals surface area contributed by atoms with Gasteiger partial charge in [-0.15, -0.1) is 0 Å². The predicted octanol–water partition coefficient (Wildman–Crippen LogP) is 6.12. The fraction of sp³-hybridized carbons (Fsp3) is 0.950. The van der Waals surface area contributed by atoms with E-state index in [2.05, 4.69) is 6.92 Å². The summed E-state index contributed by atoms with van der Waals surface area (Å²) in [4.78, 5) is 12.3. The molecule has 3 heteroatoms. The number of hydrogen-bond acceptors (Lipinski definition) is 2. The van der Waals surface area contributed by atoms with Crippen molar-refractivity contribution in [1.82, 2.24) is 0 Å². The van der Waals surface area contributed by atoms with Gasteiger partial charge < -0.3 is 4.74 Å². The lowest BCUT2D eigenvalue weighted by molar-refractivity contribution is -0.179. The second kappa shape index (κ2) is 9.64. The average molecular weight is 326 g/mol. The number of carbonyl (C=O) groups excluding carboxylic acids is 1. The van der Waals surface area contributed by atoms with E-state index >= 15 is 0 Å². The number of hydrogen-bond donors (Lipinski definition) is 0. The van der Waals surface area contributed by atoms with Crippen molar-refractivity contribution in [2.75, 3.05) is 0 Å². The lowest BCUT2D eigenvalue weighted by atomic mass is 9.69.